The lowest BCUT2D eigenvalue weighted by molar-refractivity contribution is 0.0198. The molecule has 7 N–H and O–H groups in total. The number of ether oxygens (including phenoxy) is 3. The number of amides is 1. The molecule has 2 saturated heterocycles. The second-order valence-corrected chi connectivity index (χ2v) is 17.7. The molecule has 0 aliphatic carbocycles. The van der Waals surface area contributed by atoms with Crippen molar-refractivity contribution in [2.24, 2.45) is 0 Å². The van der Waals surface area contributed by atoms with Crippen LogP contribution in [0.5, 0.6) is 23.0 Å². The van der Waals surface area contributed by atoms with Crippen molar-refractivity contribution in [3.8, 4) is 45.5 Å². The van der Waals surface area contributed by atoms with Crippen LogP contribution < -0.4 is 26.3 Å². The molecule has 0 saturated carbocycles. The lowest BCUT2D eigenvalue weighted by atomic mass is 9.87. The first kappa shape index (κ1) is 50.3. The van der Waals surface area contributed by atoms with Crippen LogP contribution in [0.3, 0.4) is 0 Å². The molecule has 4 heterocycles. The number of nitrogens with one attached hydrogen (secondary N) is 1. The molecular weight excluding hydrogens is 884 g/mol. The molecule has 6 aromatic rings. The SMILES string of the molecule is CC(C)(C)OC(=O)N1CCCC(c2cc(-c3c(O)cccc3OCc3ccccc3)nc(N)c2C=O)C1.Cl.Nc1nc(-c2c(O)cccc2OCc2ccccc2)cc(C2CCCNC2)c1C=O. The summed E-state index contributed by atoms with van der Waals surface area (Å²) in [6, 6.07) is 33.3. The topological polar surface area (TPSA) is 212 Å². The zero-order valence-electron chi connectivity index (χ0n) is 38.5. The number of rotatable bonds is 12. The Morgan fingerprint density at radius 3 is 1.66 bits per heavy atom. The molecule has 4 aromatic carbocycles. The van der Waals surface area contributed by atoms with E-state index in [4.69, 9.17) is 25.7 Å². The minimum atomic E-state index is -0.604. The summed E-state index contributed by atoms with van der Waals surface area (Å²) in [6.45, 7) is 8.86. The number of aromatic hydroxyl groups is 2. The number of phenols is 2. The van der Waals surface area contributed by atoms with E-state index in [0.29, 0.717) is 83.3 Å². The lowest BCUT2D eigenvalue weighted by Gasteiger charge is -2.35. The van der Waals surface area contributed by atoms with E-state index in [1.165, 1.54) is 0 Å². The van der Waals surface area contributed by atoms with Crippen molar-refractivity contribution in [3.63, 3.8) is 0 Å². The van der Waals surface area contributed by atoms with Gasteiger partial charge < -0.3 is 46.1 Å². The number of anilines is 2. The highest BCUT2D eigenvalue weighted by molar-refractivity contribution is 5.88. The highest BCUT2D eigenvalue weighted by Crippen LogP contribution is 2.42. The van der Waals surface area contributed by atoms with Gasteiger partial charge in [-0.15, -0.1) is 12.4 Å². The molecule has 14 nitrogen and oxygen atoms in total. The number of hydrogen-bond donors (Lipinski definition) is 5. The summed E-state index contributed by atoms with van der Waals surface area (Å²) in [7, 11) is 0. The third-order valence-electron chi connectivity index (χ3n) is 11.7. The predicted octanol–water partition coefficient (Wildman–Crippen LogP) is 9.86. The van der Waals surface area contributed by atoms with Crippen LogP contribution in [0.15, 0.2) is 109 Å². The van der Waals surface area contributed by atoms with Gasteiger partial charge in [-0.25, -0.2) is 14.8 Å². The molecule has 2 aromatic heterocycles. The first-order valence-electron chi connectivity index (χ1n) is 22.5. The molecule has 2 atom stereocenters. The summed E-state index contributed by atoms with van der Waals surface area (Å²) in [5.74, 6) is 1.25. The number of carbonyl (C=O) groups excluding carboxylic acids is 3. The Morgan fingerprint density at radius 1 is 0.721 bits per heavy atom. The van der Waals surface area contributed by atoms with Gasteiger partial charge in [0, 0.05) is 25.6 Å². The average molecular weight is 944 g/mol. The van der Waals surface area contributed by atoms with Crippen molar-refractivity contribution in [2.45, 2.75) is 77.1 Å². The van der Waals surface area contributed by atoms with Gasteiger partial charge in [-0.05, 0) is 118 Å². The second-order valence-electron chi connectivity index (χ2n) is 17.7. The molecule has 2 unspecified atom stereocenters. The number of pyridine rings is 2. The van der Waals surface area contributed by atoms with Crippen LogP contribution in [-0.2, 0) is 18.0 Å². The van der Waals surface area contributed by atoms with E-state index >= 15 is 0 Å². The van der Waals surface area contributed by atoms with E-state index in [2.05, 4.69) is 15.3 Å². The zero-order valence-corrected chi connectivity index (χ0v) is 39.3. The lowest BCUT2D eigenvalue weighted by Crippen LogP contribution is -2.42. The smallest absolute Gasteiger partial charge is 0.410 e. The van der Waals surface area contributed by atoms with Gasteiger partial charge in [0.2, 0.25) is 0 Å². The van der Waals surface area contributed by atoms with Crippen molar-refractivity contribution in [3.05, 3.63) is 143 Å². The largest absolute Gasteiger partial charge is 0.507 e. The van der Waals surface area contributed by atoms with Crippen molar-refractivity contribution >= 4 is 42.7 Å². The van der Waals surface area contributed by atoms with E-state index in [1.807, 2.05) is 87.5 Å². The van der Waals surface area contributed by atoms with Crippen LogP contribution in [0.4, 0.5) is 16.4 Å². The Morgan fingerprint density at radius 2 is 1.21 bits per heavy atom. The molecule has 0 radical (unpaired) electrons. The summed E-state index contributed by atoms with van der Waals surface area (Å²) in [4.78, 5) is 47.0. The number of aldehydes is 2. The predicted molar refractivity (Wildman–Crippen MR) is 266 cm³/mol. The Bertz CT molecular complexity index is 2670. The third-order valence-corrected chi connectivity index (χ3v) is 11.7. The molecule has 0 bridgehead atoms. The Balaban J connectivity index is 0.000000225. The summed E-state index contributed by atoms with van der Waals surface area (Å²) in [6.07, 6.45) is 4.60. The number of nitrogens with two attached hydrogens (primary N) is 2. The normalized spacial score (nSPS) is 15.7. The number of nitrogens with zero attached hydrogens (tertiary/aromatic N) is 3. The molecule has 0 spiro atoms. The average Bonchev–Trinajstić information content (AvgIpc) is 3.33. The van der Waals surface area contributed by atoms with Crippen LogP contribution in [0, 0.1) is 0 Å². The highest BCUT2D eigenvalue weighted by atomic mass is 35.5. The number of hydrogen-bond acceptors (Lipinski definition) is 13. The number of piperidine rings is 2. The Hall–Kier alpha value is -7.16. The number of likely N-dealkylation sites (tertiary alicyclic amines) is 1. The standard InChI is InChI=1S/C29H33N3O5.C24H25N3O3.ClH/c1-29(2,3)37-28(35)32-14-8-11-20(16-32)21-15-23(31-27(30)22(21)17-33)26-24(34)12-7-13-25(26)36-18-19-9-5-4-6-10-19;25-24-19(14-28)18(17-8-5-11-26-13-17)12-20(27-24)23-21(29)9-4-10-22(23)30-15-16-6-2-1-3-7-16;/h4-7,9-10,12-13,15,17,20,34H,8,11,14,16,18H2,1-3H3,(H2,30,31);1-4,6-7,9-10,12,14,17,26,29H,5,8,11,13,15H2,(H2,25,27);1H. The van der Waals surface area contributed by atoms with Gasteiger partial charge in [-0.1, -0.05) is 72.8 Å². The number of phenolic OH excluding ortho intramolecular Hbond substituents is 2. The van der Waals surface area contributed by atoms with Crippen LogP contribution in [0.2, 0.25) is 0 Å². The molecule has 2 fully saturated rings. The van der Waals surface area contributed by atoms with E-state index < -0.39 is 5.60 Å². The molecule has 15 heteroatoms. The molecule has 68 heavy (non-hydrogen) atoms. The van der Waals surface area contributed by atoms with Crippen molar-refractivity contribution in [2.75, 3.05) is 37.6 Å². The van der Waals surface area contributed by atoms with E-state index in [1.54, 1.807) is 47.4 Å². The van der Waals surface area contributed by atoms with Gasteiger partial charge in [0.05, 0.1) is 33.6 Å². The fraction of sp³-hybridized carbons (Fsp3) is 0.302. The fourth-order valence-electron chi connectivity index (χ4n) is 8.48. The van der Waals surface area contributed by atoms with Crippen molar-refractivity contribution in [1.29, 1.82) is 0 Å². The van der Waals surface area contributed by atoms with Crippen molar-refractivity contribution in [1.82, 2.24) is 20.2 Å². The van der Waals surface area contributed by atoms with Gasteiger partial charge in [-0.3, -0.25) is 9.59 Å². The molecule has 1 amide bonds. The minimum Gasteiger partial charge on any atom is -0.507 e. The minimum absolute atomic E-state index is 0. The fourth-order valence-corrected chi connectivity index (χ4v) is 8.48. The van der Waals surface area contributed by atoms with Crippen LogP contribution in [-0.4, -0.2) is 75.5 Å². The quantitative estimate of drug-likeness (QED) is 0.0724. The number of carbonyl (C=O) groups is 3. The molecule has 2 aliphatic rings. The van der Waals surface area contributed by atoms with Gasteiger partial charge in [0.1, 0.15) is 53.4 Å². The highest BCUT2D eigenvalue weighted by Gasteiger charge is 2.31. The maximum atomic E-state index is 12.7. The summed E-state index contributed by atoms with van der Waals surface area (Å²) < 4.78 is 17.6. The summed E-state index contributed by atoms with van der Waals surface area (Å²) >= 11 is 0. The van der Waals surface area contributed by atoms with Crippen LogP contribution in [0.25, 0.3) is 22.5 Å². The van der Waals surface area contributed by atoms with E-state index in [-0.39, 0.29) is 53.5 Å². The molecule has 356 valence electrons. The number of benzene rings is 4. The van der Waals surface area contributed by atoms with Crippen LogP contribution >= 0.6 is 12.4 Å². The van der Waals surface area contributed by atoms with Crippen molar-refractivity contribution < 1.29 is 38.8 Å². The maximum absolute atomic E-state index is 12.7. The maximum Gasteiger partial charge on any atom is 0.410 e. The number of aromatic nitrogens is 2. The van der Waals surface area contributed by atoms with E-state index in [0.717, 1.165) is 61.7 Å². The monoisotopic (exact) mass is 942 g/mol. The molecule has 2 aliphatic heterocycles. The first-order chi connectivity index (χ1) is 32.3. The van der Waals surface area contributed by atoms with Gasteiger partial charge in [0.15, 0.2) is 12.6 Å². The number of halogens is 1. The Labute approximate surface area is 403 Å². The summed E-state index contributed by atoms with van der Waals surface area (Å²) in [5, 5.41) is 24.8. The Kier molecular flexibility index (Phi) is 17.0. The molecular formula is C53H59ClN6O8. The second kappa shape index (κ2) is 23.0. The van der Waals surface area contributed by atoms with E-state index in [9.17, 15) is 24.6 Å². The third kappa shape index (κ3) is 12.4. The van der Waals surface area contributed by atoms with Crippen LogP contribution in [0.1, 0.15) is 101 Å². The molecule has 8 rings (SSSR count). The zero-order chi connectivity index (χ0) is 47.5. The number of nitrogen functional groups attached to an aromatic ring is 2. The summed E-state index contributed by atoms with van der Waals surface area (Å²) in [5.41, 5.74) is 17.8. The van der Waals surface area contributed by atoms with Gasteiger partial charge in [0.25, 0.3) is 0 Å². The first-order valence-corrected chi connectivity index (χ1v) is 22.5. The van der Waals surface area contributed by atoms with Gasteiger partial charge >= 0.3 is 6.09 Å². The van der Waals surface area contributed by atoms with Gasteiger partial charge in [-0.2, -0.15) is 0 Å².